The van der Waals surface area contributed by atoms with Gasteiger partial charge in [-0.15, -0.1) is 11.3 Å². The van der Waals surface area contributed by atoms with E-state index >= 15 is 0 Å². The van der Waals surface area contributed by atoms with Crippen LogP contribution in [-0.2, 0) is 0 Å². The Morgan fingerprint density at radius 3 is 2.74 bits per heavy atom. The molecule has 0 amide bonds. The van der Waals surface area contributed by atoms with Crippen molar-refractivity contribution in [2.45, 2.75) is 13.0 Å². The van der Waals surface area contributed by atoms with Gasteiger partial charge in [-0.25, -0.2) is 9.97 Å². The first-order valence-electron chi connectivity index (χ1n) is 5.15. The highest BCUT2D eigenvalue weighted by atomic mass is 35.5. The Labute approximate surface area is 122 Å². The first kappa shape index (κ1) is 14.0. The van der Waals surface area contributed by atoms with Crippen molar-refractivity contribution in [3.63, 3.8) is 0 Å². The zero-order chi connectivity index (χ0) is 14.0. The van der Waals surface area contributed by atoms with E-state index in [0.29, 0.717) is 4.34 Å². The van der Waals surface area contributed by atoms with Gasteiger partial charge in [0.15, 0.2) is 0 Å². The van der Waals surface area contributed by atoms with Gasteiger partial charge in [0.1, 0.15) is 6.33 Å². The van der Waals surface area contributed by atoms with Gasteiger partial charge in [0.05, 0.1) is 15.3 Å². The van der Waals surface area contributed by atoms with Gasteiger partial charge in [0, 0.05) is 4.88 Å². The lowest BCUT2D eigenvalue weighted by molar-refractivity contribution is -0.384. The minimum atomic E-state index is -0.612. The fourth-order valence-electron chi connectivity index (χ4n) is 1.46. The maximum atomic E-state index is 10.9. The van der Waals surface area contributed by atoms with Gasteiger partial charge in [-0.1, -0.05) is 23.2 Å². The van der Waals surface area contributed by atoms with Gasteiger partial charge in [-0.3, -0.25) is 10.1 Å². The summed E-state index contributed by atoms with van der Waals surface area (Å²) in [6.07, 6.45) is 1.17. The van der Waals surface area contributed by atoms with E-state index in [-0.39, 0.29) is 22.7 Å². The van der Waals surface area contributed by atoms with E-state index in [2.05, 4.69) is 15.3 Å². The minimum absolute atomic E-state index is 0.0852. The van der Waals surface area contributed by atoms with Crippen molar-refractivity contribution in [3.05, 3.63) is 42.9 Å². The van der Waals surface area contributed by atoms with Crippen molar-refractivity contribution in [2.75, 3.05) is 5.32 Å². The molecule has 0 aliphatic carbocycles. The number of nitrogens with zero attached hydrogens (tertiary/aromatic N) is 3. The van der Waals surface area contributed by atoms with Gasteiger partial charge < -0.3 is 5.32 Å². The molecule has 0 aliphatic rings. The summed E-state index contributed by atoms with van der Waals surface area (Å²) in [6, 6.07) is 3.43. The number of thiophene rings is 1. The highest BCUT2D eigenvalue weighted by molar-refractivity contribution is 7.16. The highest BCUT2D eigenvalue weighted by Gasteiger charge is 2.23. The Bertz CT molecular complexity index is 619. The molecule has 1 N–H and O–H groups in total. The van der Waals surface area contributed by atoms with Crippen molar-refractivity contribution >= 4 is 46.0 Å². The lowest BCUT2D eigenvalue weighted by Gasteiger charge is -2.12. The van der Waals surface area contributed by atoms with Crippen molar-refractivity contribution in [2.24, 2.45) is 0 Å². The molecule has 100 valence electrons. The summed E-state index contributed by atoms with van der Waals surface area (Å²) in [5.74, 6) is 0.0852. The van der Waals surface area contributed by atoms with Crippen molar-refractivity contribution in [3.8, 4) is 0 Å². The topological polar surface area (TPSA) is 81.0 Å². The Morgan fingerprint density at radius 1 is 1.42 bits per heavy atom. The monoisotopic (exact) mass is 318 g/mol. The Kier molecular flexibility index (Phi) is 4.18. The third kappa shape index (κ3) is 3.12. The highest BCUT2D eigenvalue weighted by Crippen LogP contribution is 2.33. The summed E-state index contributed by atoms with van der Waals surface area (Å²) in [4.78, 5) is 18.7. The third-order valence-corrected chi connectivity index (χ3v) is 4.02. The van der Waals surface area contributed by atoms with E-state index in [0.717, 1.165) is 4.88 Å². The largest absolute Gasteiger partial charge is 0.357 e. The zero-order valence-corrected chi connectivity index (χ0v) is 12.0. The number of aromatic nitrogens is 2. The molecule has 19 heavy (non-hydrogen) atoms. The molecule has 2 aromatic rings. The minimum Gasteiger partial charge on any atom is -0.357 e. The van der Waals surface area contributed by atoms with Crippen molar-refractivity contribution in [1.29, 1.82) is 0 Å². The van der Waals surface area contributed by atoms with Crippen LogP contribution in [0.15, 0.2) is 18.5 Å². The maximum absolute atomic E-state index is 10.9. The smallest absolute Gasteiger partial charge is 0.348 e. The molecule has 0 aromatic carbocycles. The number of nitro groups is 1. The molecule has 0 saturated carbocycles. The van der Waals surface area contributed by atoms with Crippen LogP contribution in [0.2, 0.25) is 9.49 Å². The Hall–Kier alpha value is -1.44. The summed E-state index contributed by atoms with van der Waals surface area (Å²) >= 11 is 12.9. The molecule has 1 unspecified atom stereocenters. The zero-order valence-electron chi connectivity index (χ0n) is 9.63. The average molecular weight is 319 g/mol. The molecular formula is C10H8Cl2N4O2S. The normalized spacial score (nSPS) is 12.2. The second-order valence-corrected chi connectivity index (χ2v) is 5.73. The lowest BCUT2D eigenvalue weighted by Crippen LogP contribution is -2.09. The standard InChI is InChI=1S/C10H8Cl2N4O2S/c1-5(6-2-3-7(11)19-6)15-10-8(16(17)18)9(12)13-4-14-10/h2-5H,1H3,(H,13,14,15). The number of halogens is 2. The van der Waals surface area contributed by atoms with E-state index < -0.39 is 4.92 Å². The fraction of sp³-hybridized carbons (Fsp3) is 0.200. The molecular weight excluding hydrogens is 311 g/mol. The van der Waals surface area contributed by atoms with Gasteiger partial charge in [0.25, 0.3) is 0 Å². The van der Waals surface area contributed by atoms with Crippen LogP contribution < -0.4 is 5.32 Å². The van der Waals surface area contributed by atoms with Gasteiger partial charge in [-0.2, -0.15) is 0 Å². The molecule has 9 heteroatoms. The molecule has 6 nitrogen and oxygen atoms in total. The third-order valence-electron chi connectivity index (χ3n) is 2.33. The molecule has 0 radical (unpaired) electrons. The molecule has 2 rings (SSSR count). The molecule has 0 fully saturated rings. The first-order valence-corrected chi connectivity index (χ1v) is 6.73. The second-order valence-electron chi connectivity index (χ2n) is 3.63. The molecule has 0 spiro atoms. The first-order chi connectivity index (χ1) is 8.99. The van der Waals surface area contributed by atoms with E-state index in [1.54, 1.807) is 6.07 Å². The van der Waals surface area contributed by atoms with Crippen LogP contribution in [0, 0.1) is 10.1 Å². The predicted molar refractivity (Wildman–Crippen MR) is 75.1 cm³/mol. The molecule has 0 saturated heterocycles. The number of anilines is 1. The molecule has 0 aliphatic heterocycles. The summed E-state index contributed by atoms with van der Waals surface area (Å²) < 4.78 is 0.652. The van der Waals surface area contributed by atoms with Crippen LogP contribution in [-0.4, -0.2) is 14.9 Å². The van der Waals surface area contributed by atoms with Crippen LogP contribution in [0.5, 0.6) is 0 Å². The predicted octanol–water partition coefficient (Wildman–Crippen LogP) is 3.93. The summed E-state index contributed by atoms with van der Waals surface area (Å²) in [5.41, 5.74) is -0.335. The number of hydrogen-bond acceptors (Lipinski definition) is 6. The Morgan fingerprint density at radius 2 is 2.16 bits per heavy atom. The second kappa shape index (κ2) is 5.68. The van der Waals surface area contributed by atoms with Gasteiger partial charge in [-0.05, 0) is 19.1 Å². The van der Waals surface area contributed by atoms with E-state index in [4.69, 9.17) is 23.2 Å². The van der Waals surface area contributed by atoms with Crippen LogP contribution in [0.1, 0.15) is 17.8 Å². The Balaban J connectivity index is 2.28. The fourth-order valence-corrected chi connectivity index (χ4v) is 2.73. The number of rotatable bonds is 4. The van der Waals surface area contributed by atoms with Gasteiger partial charge >= 0.3 is 5.69 Å². The quantitative estimate of drug-likeness (QED) is 0.525. The summed E-state index contributed by atoms with van der Waals surface area (Å²) in [6.45, 7) is 1.85. The lowest BCUT2D eigenvalue weighted by atomic mass is 10.2. The average Bonchev–Trinajstić information content (AvgIpc) is 2.75. The number of nitrogens with one attached hydrogen (secondary N) is 1. The van der Waals surface area contributed by atoms with E-state index in [9.17, 15) is 10.1 Å². The molecule has 2 heterocycles. The number of hydrogen-bond donors (Lipinski definition) is 1. The maximum Gasteiger partial charge on any atom is 0.348 e. The molecule has 0 bridgehead atoms. The van der Waals surface area contributed by atoms with Crippen molar-refractivity contribution in [1.82, 2.24) is 9.97 Å². The van der Waals surface area contributed by atoms with Crippen LogP contribution in [0.3, 0.4) is 0 Å². The summed E-state index contributed by atoms with van der Waals surface area (Å²) in [5, 5.41) is 13.7. The van der Waals surface area contributed by atoms with E-state index in [1.807, 2.05) is 13.0 Å². The SMILES string of the molecule is CC(Nc1ncnc(Cl)c1[N+](=O)[O-])c1ccc(Cl)s1. The van der Waals surface area contributed by atoms with Crippen LogP contribution in [0.4, 0.5) is 11.5 Å². The summed E-state index contributed by atoms with van der Waals surface area (Å²) in [7, 11) is 0. The van der Waals surface area contributed by atoms with Crippen LogP contribution >= 0.6 is 34.5 Å². The van der Waals surface area contributed by atoms with E-state index in [1.165, 1.54) is 17.7 Å². The van der Waals surface area contributed by atoms with Gasteiger partial charge in [0.2, 0.25) is 11.0 Å². The molecule has 2 aromatic heterocycles. The molecule has 1 atom stereocenters. The van der Waals surface area contributed by atoms with Crippen LogP contribution in [0.25, 0.3) is 0 Å². The van der Waals surface area contributed by atoms with Crippen molar-refractivity contribution < 1.29 is 4.92 Å².